The first-order valence-corrected chi connectivity index (χ1v) is 4.01. The molecule has 3 atom stereocenters. The van der Waals surface area contributed by atoms with Crippen LogP contribution in [0.25, 0.3) is 0 Å². The number of nitrogens with one attached hydrogen (secondary N) is 1. The Hall–Kier alpha value is -0.890. The minimum Gasteiger partial charge on any atom is -0.310 e. The quantitative estimate of drug-likeness (QED) is 0.477. The standard InChI is InChI=1S/C6H10F3N3O2/c7-6(8,9)3-1-4(12(13)14)5(10)11-2-3/h3-5,11H,1-2,10H2. The van der Waals surface area contributed by atoms with Crippen molar-refractivity contribution in [3.05, 3.63) is 10.1 Å². The van der Waals surface area contributed by atoms with Crippen molar-refractivity contribution in [2.45, 2.75) is 24.8 Å². The number of hydrogen-bond donors (Lipinski definition) is 2. The summed E-state index contributed by atoms with van der Waals surface area (Å²) < 4.78 is 36.6. The molecule has 1 fully saturated rings. The third-order valence-electron chi connectivity index (χ3n) is 2.27. The molecule has 0 amide bonds. The van der Waals surface area contributed by atoms with Crippen LogP contribution >= 0.6 is 0 Å². The fourth-order valence-corrected chi connectivity index (χ4v) is 1.40. The summed E-state index contributed by atoms with van der Waals surface area (Å²) in [4.78, 5) is 9.59. The summed E-state index contributed by atoms with van der Waals surface area (Å²) in [7, 11) is 0. The van der Waals surface area contributed by atoms with Crippen LogP contribution in [0.1, 0.15) is 6.42 Å². The summed E-state index contributed by atoms with van der Waals surface area (Å²) in [6.07, 6.45) is -5.95. The second kappa shape index (κ2) is 3.70. The summed E-state index contributed by atoms with van der Waals surface area (Å²) >= 11 is 0. The maximum absolute atomic E-state index is 12.2. The molecule has 1 heterocycles. The minimum absolute atomic E-state index is 0.352. The van der Waals surface area contributed by atoms with Crippen molar-refractivity contribution in [1.29, 1.82) is 0 Å². The molecule has 0 bridgehead atoms. The van der Waals surface area contributed by atoms with Crippen molar-refractivity contribution >= 4 is 0 Å². The van der Waals surface area contributed by atoms with Gasteiger partial charge in [-0.1, -0.05) is 0 Å². The molecular weight excluding hydrogens is 203 g/mol. The zero-order chi connectivity index (χ0) is 10.9. The average Bonchev–Trinajstić information content (AvgIpc) is 2.02. The van der Waals surface area contributed by atoms with E-state index < -0.39 is 35.6 Å². The van der Waals surface area contributed by atoms with E-state index in [0.29, 0.717) is 0 Å². The van der Waals surface area contributed by atoms with Crippen LogP contribution in [-0.4, -0.2) is 29.9 Å². The van der Waals surface area contributed by atoms with Crippen molar-refractivity contribution in [2.75, 3.05) is 6.54 Å². The average molecular weight is 213 g/mol. The molecule has 1 aliphatic rings. The molecule has 0 saturated carbocycles. The third-order valence-corrected chi connectivity index (χ3v) is 2.27. The lowest BCUT2D eigenvalue weighted by atomic mass is 9.93. The van der Waals surface area contributed by atoms with Gasteiger partial charge in [0.25, 0.3) is 0 Å². The molecule has 0 spiro atoms. The minimum atomic E-state index is -4.40. The highest BCUT2D eigenvalue weighted by Gasteiger charge is 2.47. The molecule has 0 aromatic rings. The van der Waals surface area contributed by atoms with Crippen LogP contribution in [0.5, 0.6) is 0 Å². The van der Waals surface area contributed by atoms with Gasteiger partial charge in [0.1, 0.15) is 6.17 Å². The second-order valence-corrected chi connectivity index (χ2v) is 3.26. The number of hydrogen-bond acceptors (Lipinski definition) is 4. The van der Waals surface area contributed by atoms with E-state index in [1.807, 2.05) is 0 Å². The van der Waals surface area contributed by atoms with Crippen LogP contribution in [0.4, 0.5) is 13.2 Å². The summed E-state index contributed by atoms with van der Waals surface area (Å²) in [5, 5.41) is 12.6. The van der Waals surface area contributed by atoms with Crippen LogP contribution in [0, 0.1) is 16.0 Å². The number of piperidine rings is 1. The number of nitro groups is 1. The van der Waals surface area contributed by atoms with E-state index in [1.54, 1.807) is 0 Å². The van der Waals surface area contributed by atoms with Crippen LogP contribution in [0.15, 0.2) is 0 Å². The molecule has 5 nitrogen and oxygen atoms in total. The highest BCUT2D eigenvalue weighted by atomic mass is 19.4. The molecule has 82 valence electrons. The molecule has 3 N–H and O–H groups in total. The number of nitrogens with zero attached hydrogens (tertiary/aromatic N) is 1. The largest absolute Gasteiger partial charge is 0.393 e. The first-order valence-electron chi connectivity index (χ1n) is 4.01. The Balaban J connectivity index is 2.67. The highest BCUT2D eigenvalue weighted by molar-refractivity contribution is 4.85. The first kappa shape index (κ1) is 11.2. The van der Waals surface area contributed by atoms with E-state index in [-0.39, 0.29) is 6.54 Å². The number of halogens is 3. The van der Waals surface area contributed by atoms with Crippen LogP contribution in [0.3, 0.4) is 0 Å². The van der Waals surface area contributed by atoms with E-state index in [4.69, 9.17) is 5.73 Å². The van der Waals surface area contributed by atoms with Gasteiger partial charge < -0.3 is 5.73 Å². The van der Waals surface area contributed by atoms with Gasteiger partial charge in [-0.25, -0.2) is 0 Å². The van der Waals surface area contributed by atoms with Gasteiger partial charge in [-0.05, 0) is 0 Å². The van der Waals surface area contributed by atoms with Gasteiger partial charge in [0.15, 0.2) is 0 Å². The molecule has 0 aromatic heterocycles. The van der Waals surface area contributed by atoms with Crippen molar-refractivity contribution in [3.63, 3.8) is 0 Å². The predicted octanol–water partition coefficient (Wildman–Crippen LogP) is 0.0883. The maximum Gasteiger partial charge on any atom is 0.393 e. The lowest BCUT2D eigenvalue weighted by Gasteiger charge is -2.30. The molecule has 8 heteroatoms. The van der Waals surface area contributed by atoms with Crippen molar-refractivity contribution in [2.24, 2.45) is 11.7 Å². The van der Waals surface area contributed by atoms with Crippen LogP contribution in [-0.2, 0) is 0 Å². The maximum atomic E-state index is 12.2. The Morgan fingerprint density at radius 3 is 2.50 bits per heavy atom. The summed E-state index contributed by atoms with van der Waals surface area (Å²) in [5.74, 6) is -1.68. The predicted molar refractivity (Wildman–Crippen MR) is 40.9 cm³/mol. The molecule has 1 saturated heterocycles. The smallest absolute Gasteiger partial charge is 0.310 e. The van der Waals surface area contributed by atoms with Crippen molar-refractivity contribution in [1.82, 2.24) is 5.32 Å². The molecule has 0 aromatic carbocycles. The van der Waals surface area contributed by atoms with Gasteiger partial charge in [0.2, 0.25) is 6.04 Å². The second-order valence-electron chi connectivity index (χ2n) is 3.26. The van der Waals surface area contributed by atoms with Gasteiger partial charge in [0, 0.05) is 17.9 Å². The summed E-state index contributed by atoms with van der Waals surface area (Å²) in [5.41, 5.74) is 5.27. The van der Waals surface area contributed by atoms with Gasteiger partial charge in [0.05, 0.1) is 5.92 Å². The zero-order valence-electron chi connectivity index (χ0n) is 7.12. The fourth-order valence-electron chi connectivity index (χ4n) is 1.40. The Morgan fingerprint density at radius 2 is 2.07 bits per heavy atom. The Labute approximate surface area is 77.6 Å². The normalized spacial score (nSPS) is 34.1. The lowest BCUT2D eigenvalue weighted by molar-refractivity contribution is -0.533. The first-order chi connectivity index (χ1) is 6.32. The van der Waals surface area contributed by atoms with Gasteiger partial charge in [-0.2, -0.15) is 13.2 Å². The molecule has 3 unspecified atom stereocenters. The van der Waals surface area contributed by atoms with Crippen LogP contribution in [0.2, 0.25) is 0 Å². The van der Waals surface area contributed by atoms with E-state index in [1.165, 1.54) is 0 Å². The van der Waals surface area contributed by atoms with Gasteiger partial charge >= 0.3 is 6.18 Å². The zero-order valence-corrected chi connectivity index (χ0v) is 7.12. The lowest BCUT2D eigenvalue weighted by Crippen LogP contribution is -2.58. The fraction of sp³-hybridized carbons (Fsp3) is 1.00. The number of rotatable bonds is 1. The van der Waals surface area contributed by atoms with Crippen molar-refractivity contribution < 1.29 is 18.1 Å². The topological polar surface area (TPSA) is 81.2 Å². The molecule has 0 radical (unpaired) electrons. The SMILES string of the molecule is NC1NCC(C(F)(F)F)CC1[N+](=O)[O-]. The number of alkyl halides is 3. The molecule has 14 heavy (non-hydrogen) atoms. The number of nitrogens with two attached hydrogens (primary N) is 1. The Kier molecular flexibility index (Phi) is 2.95. The van der Waals surface area contributed by atoms with E-state index in [2.05, 4.69) is 5.32 Å². The van der Waals surface area contributed by atoms with E-state index in [0.717, 1.165) is 0 Å². The van der Waals surface area contributed by atoms with Crippen LogP contribution < -0.4 is 11.1 Å². The van der Waals surface area contributed by atoms with Crippen molar-refractivity contribution in [3.8, 4) is 0 Å². The van der Waals surface area contributed by atoms with E-state index >= 15 is 0 Å². The Bertz CT molecular complexity index is 233. The Morgan fingerprint density at radius 1 is 1.50 bits per heavy atom. The molecule has 0 aliphatic carbocycles. The summed E-state index contributed by atoms with van der Waals surface area (Å²) in [6.45, 7) is -0.352. The third kappa shape index (κ3) is 2.32. The highest BCUT2D eigenvalue weighted by Crippen LogP contribution is 2.32. The summed E-state index contributed by atoms with van der Waals surface area (Å²) in [6, 6.07) is -1.37. The monoisotopic (exact) mass is 213 g/mol. The molecule has 1 rings (SSSR count). The molecular formula is C6H10F3N3O2. The molecule has 1 aliphatic heterocycles. The van der Waals surface area contributed by atoms with E-state index in [9.17, 15) is 23.3 Å². The van der Waals surface area contributed by atoms with Gasteiger partial charge in [-0.15, -0.1) is 0 Å². The van der Waals surface area contributed by atoms with Gasteiger partial charge in [-0.3, -0.25) is 15.4 Å².